The van der Waals surface area contributed by atoms with Crippen LogP contribution in [0.15, 0.2) is 71.5 Å². The van der Waals surface area contributed by atoms with Crippen LogP contribution in [0.2, 0.25) is 5.02 Å². The predicted molar refractivity (Wildman–Crippen MR) is 89.2 cm³/mol. The summed E-state index contributed by atoms with van der Waals surface area (Å²) < 4.78 is 1.51. The molecule has 22 heavy (non-hydrogen) atoms. The van der Waals surface area contributed by atoms with Crippen LogP contribution in [0.5, 0.6) is 0 Å². The Hall–Kier alpha value is -2.39. The summed E-state index contributed by atoms with van der Waals surface area (Å²) in [6.45, 7) is 1.97. The SMILES string of the molecule is CC(c1ccccc1)n1nc(-c2ccc(Cl)cc2)ccc1=O. The molecule has 0 N–H and O–H groups in total. The van der Waals surface area contributed by atoms with Crippen LogP contribution in [-0.2, 0) is 0 Å². The fourth-order valence-electron chi connectivity index (χ4n) is 2.35. The average molecular weight is 311 g/mol. The van der Waals surface area contributed by atoms with E-state index in [4.69, 9.17) is 11.6 Å². The summed E-state index contributed by atoms with van der Waals surface area (Å²) in [5.74, 6) is 0. The zero-order chi connectivity index (χ0) is 15.5. The van der Waals surface area contributed by atoms with Crippen LogP contribution >= 0.6 is 11.6 Å². The Labute approximate surface area is 133 Å². The van der Waals surface area contributed by atoms with Crippen molar-refractivity contribution < 1.29 is 0 Å². The average Bonchev–Trinajstić information content (AvgIpc) is 2.56. The monoisotopic (exact) mass is 310 g/mol. The second kappa shape index (κ2) is 6.16. The Morgan fingerprint density at radius 2 is 1.64 bits per heavy atom. The minimum Gasteiger partial charge on any atom is -0.268 e. The number of hydrogen-bond acceptors (Lipinski definition) is 2. The minimum atomic E-state index is -0.124. The molecule has 0 saturated heterocycles. The van der Waals surface area contributed by atoms with E-state index in [0.29, 0.717) is 5.02 Å². The standard InChI is InChI=1S/C18H15ClN2O/c1-13(14-5-3-2-4-6-14)21-18(22)12-11-17(20-21)15-7-9-16(19)10-8-15/h2-13H,1H3. The number of rotatable bonds is 3. The summed E-state index contributed by atoms with van der Waals surface area (Å²) in [5.41, 5.74) is 2.61. The third kappa shape index (κ3) is 2.95. The highest BCUT2D eigenvalue weighted by atomic mass is 35.5. The van der Waals surface area contributed by atoms with Gasteiger partial charge in [0, 0.05) is 16.7 Å². The fraction of sp³-hybridized carbons (Fsp3) is 0.111. The second-order valence-corrected chi connectivity index (χ2v) is 5.53. The summed E-state index contributed by atoms with van der Waals surface area (Å²) in [6.07, 6.45) is 0. The molecule has 0 spiro atoms. The van der Waals surface area contributed by atoms with E-state index in [1.165, 1.54) is 4.68 Å². The molecule has 0 aliphatic rings. The lowest BCUT2D eigenvalue weighted by atomic mass is 10.1. The van der Waals surface area contributed by atoms with Crippen molar-refractivity contribution in [3.05, 3.63) is 87.7 Å². The second-order valence-electron chi connectivity index (χ2n) is 5.09. The summed E-state index contributed by atoms with van der Waals surface area (Å²) in [5, 5.41) is 5.19. The van der Waals surface area contributed by atoms with Gasteiger partial charge < -0.3 is 0 Å². The van der Waals surface area contributed by atoms with Crippen molar-refractivity contribution in [2.24, 2.45) is 0 Å². The van der Waals surface area contributed by atoms with E-state index in [1.54, 1.807) is 12.1 Å². The van der Waals surface area contributed by atoms with E-state index in [2.05, 4.69) is 5.10 Å². The maximum absolute atomic E-state index is 12.2. The smallest absolute Gasteiger partial charge is 0.267 e. The highest BCUT2D eigenvalue weighted by Crippen LogP contribution is 2.20. The van der Waals surface area contributed by atoms with Gasteiger partial charge in [0.25, 0.3) is 5.56 Å². The van der Waals surface area contributed by atoms with Gasteiger partial charge in [-0.25, -0.2) is 4.68 Å². The van der Waals surface area contributed by atoms with Crippen LogP contribution in [0.4, 0.5) is 0 Å². The third-order valence-electron chi connectivity index (χ3n) is 3.61. The molecule has 0 saturated carbocycles. The van der Waals surface area contributed by atoms with E-state index < -0.39 is 0 Å². The van der Waals surface area contributed by atoms with Crippen molar-refractivity contribution in [3.8, 4) is 11.3 Å². The van der Waals surface area contributed by atoms with Gasteiger partial charge in [-0.3, -0.25) is 4.79 Å². The molecule has 1 heterocycles. The Morgan fingerprint density at radius 1 is 0.955 bits per heavy atom. The Kier molecular flexibility index (Phi) is 4.07. The fourth-order valence-corrected chi connectivity index (χ4v) is 2.48. The molecule has 110 valence electrons. The first-order valence-electron chi connectivity index (χ1n) is 7.06. The molecule has 1 atom stereocenters. The van der Waals surface area contributed by atoms with Crippen LogP contribution in [-0.4, -0.2) is 9.78 Å². The quantitative estimate of drug-likeness (QED) is 0.727. The number of aromatic nitrogens is 2. The van der Waals surface area contributed by atoms with Gasteiger partial charge in [-0.05, 0) is 30.7 Å². The molecule has 2 aromatic carbocycles. The predicted octanol–water partition coefficient (Wildman–Crippen LogP) is 4.17. The lowest BCUT2D eigenvalue weighted by Gasteiger charge is -2.15. The summed E-state index contributed by atoms with van der Waals surface area (Å²) in [4.78, 5) is 12.2. The molecule has 0 fully saturated rings. The van der Waals surface area contributed by atoms with Crippen LogP contribution in [0.3, 0.4) is 0 Å². The molecule has 1 aromatic heterocycles. The van der Waals surface area contributed by atoms with Gasteiger partial charge in [0.1, 0.15) is 0 Å². The summed E-state index contributed by atoms with van der Waals surface area (Å²) in [6, 6.07) is 20.4. The summed E-state index contributed by atoms with van der Waals surface area (Å²) >= 11 is 5.91. The molecule has 0 radical (unpaired) electrons. The third-order valence-corrected chi connectivity index (χ3v) is 3.87. The van der Waals surface area contributed by atoms with E-state index >= 15 is 0 Å². The molecule has 0 amide bonds. The minimum absolute atomic E-state index is 0.117. The van der Waals surface area contributed by atoms with Gasteiger partial charge >= 0.3 is 0 Å². The molecule has 0 aliphatic carbocycles. The van der Waals surface area contributed by atoms with Gasteiger partial charge in [0.2, 0.25) is 0 Å². The largest absolute Gasteiger partial charge is 0.268 e. The highest BCUT2D eigenvalue weighted by Gasteiger charge is 2.11. The van der Waals surface area contributed by atoms with Crippen molar-refractivity contribution in [2.75, 3.05) is 0 Å². The van der Waals surface area contributed by atoms with Crippen LogP contribution in [0.1, 0.15) is 18.5 Å². The zero-order valence-corrected chi connectivity index (χ0v) is 12.9. The number of nitrogens with zero attached hydrogens (tertiary/aromatic N) is 2. The molecule has 0 bridgehead atoms. The number of benzene rings is 2. The Morgan fingerprint density at radius 3 is 2.32 bits per heavy atom. The molecule has 1 unspecified atom stereocenters. The van der Waals surface area contributed by atoms with E-state index in [9.17, 15) is 4.79 Å². The van der Waals surface area contributed by atoms with Gasteiger partial charge in [0.15, 0.2) is 0 Å². The summed E-state index contributed by atoms with van der Waals surface area (Å²) in [7, 11) is 0. The molecule has 3 aromatic rings. The first-order chi connectivity index (χ1) is 10.6. The van der Waals surface area contributed by atoms with Crippen molar-refractivity contribution in [1.82, 2.24) is 9.78 Å². The van der Waals surface area contributed by atoms with Gasteiger partial charge in [-0.15, -0.1) is 0 Å². The molecule has 3 rings (SSSR count). The normalized spacial score (nSPS) is 12.1. The topological polar surface area (TPSA) is 34.9 Å². The Bertz CT molecular complexity index is 826. The van der Waals surface area contributed by atoms with E-state index in [-0.39, 0.29) is 11.6 Å². The highest BCUT2D eigenvalue weighted by molar-refractivity contribution is 6.30. The molecule has 4 heteroatoms. The van der Waals surface area contributed by atoms with Crippen molar-refractivity contribution in [3.63, 3.8) is 0 Å². The zero-order valence-electron chi connectivity index (χ0n) is 12.1. The van der Waals surface area contributed by atoms with Crippen LogP contribution in [0.25, 0.3) is 11.3 Å². The van der Waals surface area contributed by atoms with Crippen molar-refractivity contribution in [1.29, 1.82) is 0 Å². The maximum atomic E-state index is 12.2. The van der Waals surface area contributed by atoms with Crippen molar-refractivity contribution in [2.45, 2.75) is 13.0 Å². The maximum Gasteiger partial charge on any atom is 0.267 e. The molecular formula is C18H15ClN2O. The van der Waals surface area contributed by atoms with Gasteiger partial charge in [-0.1, -0.05) is 54.1 Å². The molecular weight excluding hydrogens is 296 g/mol. The van der Waals surface area contributed by atoms with E-state index in [0.717, 1.165) is 16.8 Å². The van der Waals surface area contributed by atoms with Gasteiger partial charge in [0.05, 0.1) is 11.7 Å². The van der Waals surface area contributed by atoms with Gasteiger partial charge in [-0.2, -0.15) is 5.10 Å². The van der Waals surface area contributed by atoms with E-state index in [1.807, 2.05) is 61.5 Å². The Balaban J connectivity index is 2.04. The molecule has 3 nitrogen and oxygen atoms in total. The lowest BCUT2D eigenvalue weighted by molar-refractivity contribution is 0.534. The lowest BCUT2D eigenvalue weighted by Crippen LogP contribution is -2.26. The van der Waals surface area contributed by atoms with Crippen molar-refractivity contribution >= 4 is 11.6 Å². The number of halogens is 1. The number of hydrogen-bond donors (Lipinski definition) is 0. The first kappa shape index (κ1) is 14.5. The molecule has 0 aliphatic heterocycles. The van der Waals surface area contributed by atoms with Crippen LogP contribution in [0, 0.1) is 0 Å². The van der Waals surface area contributed by atoms with Crippen LogP contribution < -0.4 is 5.56 Å². The first-order valence-corrected chi connectivity index (χ1v) is 7.44.